The third-order valence-corrected chi connectivity index (χ3v) is 4.74. The summed E-state index contributed by atoms with van der Waals surface area (Å²) >= 11 is 0. The highest BCUT2D eigenvalue weighted by molar-refractivity contribution is 7.91. The molecule has 7 nitrogen and oxygen atoms in total. The summed E-state index contributed by atoms with van der Waals surface area (Å²) in [5.41, 5.74) is 0.434. The normalized spacial score (nSPS) is 11.4. The summed E-state index contributed by atoms with van der Waals surface area (Å²) in [6.07, 6.45) is 0. The number of alkyl halides is 2. The highest BCUT2D eigenvalue weighted by Gasteiger charge is 2.26. The van der Waals surface area contributed by atoms with Crippen molar-refractivity contribution in [1.29, 1.82) is 0 Å². The topological polar surface area (TPSA) is 106 Å². The van der Waals surface area contributed by atoms with Gasteiger partial charge < -0.3 is 5.32 Å². The SMILES string of the molecule is Cc1ccc(NC(=O)c2ccc(S(=O)(=O)C(F)F)cc2)cc1[N+](=O)[O-]. The van der Waals surface area contributed by atoms with Crippen LogP contribution in [0.25, 0.3) is 0 Å². The first-order valence-electron chi connectivity index (χ1n) is 6.81. The van der Waals surface area contributed by atoms with Gasteiger partial charge in [-0.1, -0.05) is 6.07 Å². The third-order valence-electron chi connectivity index (χ3n) is 3.34. The number of anilines is 1. The van der Waals surface area contributed by atoms with E-state index in [4.69, 9.17) is 0 Å². The second-order valence-electron chi connectivity index (χ2n) is 5.04. The van der Waals surface area contributed by atoms with Gasteiger partial charge in [0.05, 0.1) is 9.82 Å². The number of halogens is 2. The second kappa shape index (κ2) is 6.93. The maximum absolute atomic E-state index is 12.5. The third kappa shape index (κ3) is 3.97. The maximum atomic E-state index is 12.5. The summed E-state index contributed by atoms with van der Waals surface area (Å²) in [4.78, 5) is 21.8. The summed E-state index contributed by atoms with van der Waals surface area (Å²) in [5, 5.41) is 13.3. The minimum absolute atomic E-state index is 0.0106. The molecule has 0 aliphatic heterocycles. The van der Waals surface area contributed by atoms with Gasteiger partial charge in [-0.05, 0) is 37.3 Å². The molecule has 0 heterocycles. The van der Waals surface area contributed by atoms with Crippen molar-refractivity contribution in [2.75, 3.05) is 5.32 Å². The number of nitrogens with zero attached hydrogens (tertiary/aromatic N) is 1. The molecule has 1 N–H and O–H groups in total. The molecule has 0 aliphatic carbocycles. The van der Waals surface area contributed by atoms with Crippen LogP contribution in [0.4, 0.5) is 20.2 Å². The largest absolute Gasteiger partial charge is 0.341 e. The molecule has 0 spiro atoms. The fourth-order valence-corrected chi connectivity index (χ4v) is 2.71. The van der Waals surface area contributed by atoms with Crippen LogP contribution in [-0.4, -0.2) is 25.0 Å². The number of amides is 1. The van der Waals surface area contributed by atoms with Gasteiger partial charge in [0.1, 0.15) is 0 Å². The number of benzene rings is 2. The van der Waals surface area contributed by atoms with Crippen LogP contribution >= 0.6 is 0 Å². The lowest BCUT2D eigenvalue weighted by atomic mass is 10.1. The Morgan fingerprint density at radius 3 is 2.28 bits per heavy atom. The van der Waals surface area contributed by atoms with Gasteiger partial charge >= 0.3 is 5.76 Å². The van der Waals surface area contributed by atoms with E-state index in [-0.39, 0.29) is 16.9 Å². The Kier molecular flexibility index (Phi) is 5.12. The van der Waals surface area contributed by atoms with E-state index in [0.29, 0.717) is 5.56 Å². The number of carbonyl (C=O) groups is 1. The smallest absolute Gasteiger partial charge is 0.322 e. The lowest BCUT2D eigenvalue weighted by molar-refractivity contribution is -0.385. The van der Waals surface area contributed by atoms with E-state index in [9.17, 15) is 32.1 Å². The van der Waals surface area contributed by atoms with Gasteiger partial charge in [-0.3, -0.25) is 14.9 Å². The second-order valence-corrected chi connectivity index (χ2v) is 6.96. The predicted molar refractivity (Wildman–Crippen MR) is 85.4 cm³/mol. The van der Waals surface area contributed by atoms with E-state index in [1.54, 1.807) is 6.92 Å². The van der Waals surface area contributed by atoms with E-state index >= 15 is 0 Å². The van der Waals surface area contributed by atoms with E-state index in [0.717, 1.165) is 24.3 Å². The summed E-state index contributed by atoms with van der Waals surface area (Å²) in [7, 11) is -4.74. The molecule has 0 aromatic heterocycles. The predicted octanol–water partition coefficient (Wildman–Crippen LogP) is 3.15. The van der Waals surface area contributed by atoms with E-state index in [2.05, 4.69) is 5.32 Å². The van der Waals surface area contributed by atoms with Gasteiger partial charge in [0.2, 0.25) is 9.84 Å². The Balaban J connectivity index is 2.22. The van der Waals surface area contributed by atoms with Crippen LogP contribution in [0.15, 0.2) is 47.4 Å². The average molecular weight is 370 g/mol. The van der Waals surface area contributed by atoms with Crippen LogP contribution in [0, 0.1) is 17.0 Å². The minimum Gasteiger partial charge on any atom is -0.322 e. The minimum atomic E-state index is -4.74. The number of nitro groups is 1. The molecule has 0 saturated carbocycles. The number of hydrogen-bond donors (Lipinski definition) is 1. The van der Waals surface area contributed by atoms with Crippen molar-refractivity contribution in [3.05, 3.63) is 63.7 Å². The van der Waals surface area contributed by atoms with Gasteiger partial charge in [0.25, 0.3) is 11.6 Å². The molecular formula is C15H12F2N2O5S. The molecule has 0 saturated heterocycles. The molecule has 0 unspecified atom stereocenters. The van der Waals surface area contributed by atoms with Crippen LogP contribution in [0.3, 0.4) is 0 Å². The first-order chi connectivity index (χ1) is 11.6. The monoisotopic (exact) mass is 370 g/mol. The number of aryl methyl sites for hydroxylation is 1. The zero-order valence-corrected chi connectivity index (χ0v) is 13.6. The molecule has 2 aromatic rings. The molecule has 0 atom stereocenters. The highest BCUT2D eigenvalue weighted by atomic mass is 32.2. The molecule has 2 rings (SSSR count). The number of rotatable bonds is 5. The van der Waals surface area contributed by atoms with Crippen molar-refractivity contribution < 1.29 is 26.9 Å². The Labute approximate surface area is 141 Å². The van der Waals surface area contributed by atoms with Crippen molar-refractivity contribution in [3.8, 4) is 0 Å². The van der Waals surface area contributed by atoms with Crippen molar-refractivity contribution in [2.24, 2.45) is 0 Å². The average Bonchev–Trinajstić information content (AvgIpc) is 2.56. The van der Waals surface area contributed by atoms with Crippen molar-refractivity contribution in [3.63, 3.8) is 0 Å². The van der Waals surface area contributed by atoms with Gasteiger partial charge in [0.15, 0.2) is 0 Å². The molecule has 0 radical (unpaired) electrons. The van der Waals surface area contributed by atoms with Gasteiger partial charge in [-0.15, -0.1) is 0 Å². The first-order valence-corrected chi connectivity index (χ1v) is 8.36. The maximum Gasteiger partial charge on any atom is 0.341 e. The van der Waals surface area contributed by atoms with Gasteiger partial charge in [0, 0.05) is 22.9 Å². The summed E-state index contributed by atoms with van der Waals surface area (Å²) in [5.74, 6) is -4.22. The molecule has 2 aromatic carbocycles. The number of sulfone groups is 1. The van der Waals surface area contributed by atoms with Crippen molar-refractivity contribution >= 4 is 27.1 Å². The van der Waals surface area contributed by atoms with E-state index in [1.165, 1.54) is 18.2 Å². The Morgan fingerprint density at radius 1 is 1.16 bits per heavy atom. The number of nitro benzene ring substituents is 1. The van der Waals surface area contributed by atoms with Crippen molar-refractivity contribution in [1.82, 2.24) is 0 Å². The number of nitrogens with one attached hydrogen (secondary N) is 1. The van der Waals surface area contributed by atoms with Gasteiger partial charge in [-0.2, -0.15) is 8.78 Å². The molecule has 0 aliphatic rings. The van der Waals surface area contributed by atoms with Crippen LogP contribution in [-0.2, 0) is 9.84 Å². The van der Waals surface area contributed by atoms with E-state index in [1.807, 2.05) is 0 Å². The summed E-state index contributed by atoms with van der Waals surface area (Å²) in [6, 6.07) is 8.06. The molecular weight excluding hydrogens is 358 g/mol. The fourth-order valence-electron chi connectivity index (χ4n) is 1.99. The Bertz CT molecular complexity index is 927. The van der Waals surface area contributed by atoms with Crippen LogP contribution < -0.4 is 5.32 Å². The van der Waals surface area contributed by atoms with Gasteiger partial charge in [-0.25, -0.2) is 8.42 Å². The quantitative estimate of drug-likeness (QED) is 0.643. The van der Waals surface area contributed by atoms with Crippen LogP contribution in [0.2, 0.25) is 0 Å². The zero-order valence-electron chi connectivity index (χ0n) is 12.8. The number of carbonyl (C=O) groups excluding carboxylic acids is 1. The standard InChI is InChI=1S/C15H12F2N2O5S/c1-9-2-5-11(8-13(9)19(21)22)18-14(20)10-3-6-12(7-4-10)25(23,24)15(16)17/h2-8,15H,1H3,(H,18,20). The lowest BCUT2D eigenvalue weighted by Gasteiger charge is -2.07. The summed E-state index contributed by atoms with van der Waals surface area (Å²) < 4.78 is 47.6. The number of hydrogen-bond acceptors (Lipinski definition) is 5. The summed E-state index contributed by atoms with van der Waals surface area (Å²) in [6.45, 7) is 1.55. The van der Waals surface area contributed by atoms with E-state index < -0.39 is 31.3 Å². The first kappa shape index (κ1) is 18.5. The zero-order chi connectivity index (χ0) is 18.8. The molecule has 10 heteroatoms. The molecule has 0 bridgehead atoms. The van der Waals surface area contributed by atoms with Crippen molar-refractivity contribution in [2.45, 2.75) is 17.6 Å². The molecule has 0 fully saturated rings. The van der Waals surface area contributed by atoms with Crippen LogP contribution in [0.5, 0.6) is 0 Å². The Hall–Kier alpha value is -2.88. The lowest BCUT2D eigenvalue weighted by Crippen LogP contribution is -2.14. The fraction of sp³-hybridized carbons (Fsp3) is 0.133. The molecule has 132 valence electrons. The highest BCUT2D eigenvalue weighted by Crippen LogP contribution is 2.23. The Morgan fingerprint density at radius 2 is 1.76 bits per heavy atom. The molecule has 25 heavy (non-hydrogen) atoms. The van der Waals surface area contributed by atoms with Crippen LogP contribution in [0.1, 0.15) is 15.9 Å². The molecule has 1 amide bonds.